The number of piperidine rings is 1. The van der Waals surface area contributed by atoms with E-state index in [1.54, 1.807) is 7.11 Å². The van der Waals surface area contributed by atoms with Crippen LogP contribution in [0.3, 0.4) is 0 Å². The van der Waals surface area contributed by atoms with Crippen LogP contribution in [0.2, 0.25) is 0 Å². The van der Waals surface area contributed by atoms with Gasteiger partial charge in [0.05, 0.1) is 13.7 Å². The molecule has 2 N–H and O–H groups in total. The van der Waals surface area contributed by atoms with Crippen molar-refractivity contribution in [3.05, 3.63) is 23.8 Å². The molecule has 0 saturated carbocycles. The van der Waals surface area contributed by atoms with E-state index in [1.807, 2.05) is 13.0 Å². The topological polar surface area (TPSA) is 47.7 Å². The van der Waals surface area contributed by atoms with Crippen LogP contribution >= 0.6 is 0 Å². The fourth-order valence-electron chi connectivity index (χ4n) is 3.00. The minimum Gasteiger partial charge on any atom is -0.493 e. The molecule has 0 spiro atoms. The van der Waals surface area contributed by atoms with E-state index in [2.05, 4.69) is 24.0 Å². The van der Waals surface area contributed by atoms with E-state index in [9.17, 15) is 0 Å². The predicted octanol–water partition coefficient (Wildman–Crippen LogP) is 2.83. The second-order valence-electron chi connectivity index (χ2n) is 5.81. The molecule has 118 valence electrons. The maximum Gasteiger partial charge on any atom is 0.161 e. The van der Waals surface area contributed by atoms with Gasteiger partial charge < -0.3 is 15.2 Å². The van der Waals surface area contributed by atoms with Gasteiger partial charge in [0, 0.05) is 12.6 Å². The quantitative estimate of drug-likeness (QED) is 0.876. The van der Waals surface area contributed by atoms with Crippen LogP contribution in [0.5, 0.6) is 11.5 Å². The molecule has 0 bridgehead atoms. The lowest BCUT2D eigenvalue weighted by Crippen LogP contribution is -2.39. The average Bonchev–Trinajstić information content (AvgIpc) is 2.51. The van der Waals surface area contributed by atoms with Gasteiger partial charge in [-0.1, -0.05) is 13.0 Å². The van der Waals surface area contributed by atoms with Crippen LogP contribution in [0.25, 0.3) is 0 Å². The van der Waals surface area contributed by atoms with E-state index >= 15 is 0 Å². The Morgan fingerprint density at radius 3 is 2.57 bits per heavy atom. The molecule has 2 rings (SSSR count). The Morgan fingerprint density at radius 1 is 1.29 bits per heavy atom. The van der Waals surface area contributed by atoms with Crippen molar-refractivity contribution in [2.24, 2.45) is 11.7 Å². The summed E-state index contributed by atoms with van der Waals surface area (Å²) in [6.45, 7) is 7.82. The minimum atomic E-state index is 0.266. The molecule has 1 heterocycles. The van der Waals surface area contributed by atoms with Gasteiger partial charge in [-0.25, -0.2) is 0 Å². The molecule has 1 aromatic carbocycles. The summed E-state index contributed by atoms with van der Waals surface area (Å²) in [5.41, 5.74) is 7.26. The summed E-state index contributed by atoms with van der Waals surface area (Å²) in [5, 5.41) is 0. The standard InChI is InChI=1S/C17H28N2O2/c1-4-21-16-6-5-14(11-17(16)20-3)15(12-18)19-9-7-13(2)8-10-19/h5-6,11,13,15H,4,7-10,12,18H2,1-3H3. The fourth-order valence-corrected chi connectivity index (χ4v) is 3.00. The molecule has 0 radical (unpaired) electrons. The molecule has 21 heavy (non-hydrogen) atoms. The molecule has 0 amide bonds. The Morgan fingerprint density at radius 2 is 2.00 bits per heavy atom. The van der Waals surface area contributed by atoms with Crippen LogP contribution in [-0.2, 0) is 0 Å². The van der Waals surface area contributed by atoms with Gasteiger partial charge >= 0.3 is 0 Å². The van der Waals surface area contributed by atoms with Crippen LogP contribution in [0.4, 0.5) is 0 Å². The van der Waals surface area contributed by atoms with Gasteiger partial charge in [-0.2, -0.15) is 0 Å². The fraction of sp³-hybridized carbons (Fsp3) is 0.647. The summed E-state index contributed by atoms with van der Waals surface area (Å²) in [4.78, 5) is 2.50. The van der Waals surface area contributed by atoms with Gasteiger partial charge in [0.2, 0.25) is 0 Å². The number of methoxy groups -OCH3 is 1. The van der Waals surface area contributed by atoms with Crippen LogP contribution in [0.1, 0.15) is 38.3 Å². The largest absolute Gasteiger partial charge is 0.493 e. The maximum atomic E-state index is 6.04. The highest BCUT2D eigenvalue weighted by Gasteiger charge is 2.24. The summed E-state index contributed by atoms with van der Waals surface area (Å²) in [7, 11) is 1.68. The summed E-state index contributed by atoms with van der Waals surface area (Å²) >= 11 is 0. The first-order chi connectivity index (χ1) is 10.2. The van der Waals surface area contributed by atoms with Gasteiger partial charge in [-0.05, 0) is 56.5 Å². The smallest absolute Gasteiger partial charge is 0.161 e. The molecule has 0 aromatic heterocycles. The second-order valence-corrected chi connectivity index (χ2v) is 5.81. The maximum absolute atomic E-state index is 6.04. The molecule has 4 nitrogen and oxygen atoms in total. The van der Waals surface area contributed by atoms with Crippen molar-refractivity contribution < 1.29 is 9.47 Å². The van der Waals surface area contributed by atoms with Crippen LogP contribution in [-0.4, -0.2) is 38.3 Å². The number of hydrogen-bond acceptors (Lipinski definition) is 4. The van der Waals surface area contributed by atoms with E-state index in [4.69, 9.17) is 15.2 Å². The highest BCUT2D eigenvalue weighted by Crippen LogP contribution is 2.33. The van der Waals surface area contributed by atoms with Gasteiger partial charge in [0.1, 0.15) is 0 Å². The van der Waals surface area contributed by atoms with E-state index in [0.717, 1.165) is 30.5 Å². The summed E-state index contributed by atoms with van der Waals surface area (Å²) < 4.78 is 11.0. The molecule has 1 atom stereocenters. The normalized spacial score (nSPS) is 18.5. The number of nitrogens with two attached hydrogens (primary N) is 1. The first-order valence-electron chi connectivity index (χ1n) is 7.94. The third kappa shape index (κ3) is 3.89. The van der Waals surface area contributed by atoms with Crippen molar-refractivity contribution in [3.8, 4) is 11.5 Å². The zero-order valence-electron chi connectivity index (χ0n) is 13.5. The molecular formula is C17H28N2O2. The molecule has 1 aliphatic rings. The molecule has 1 aromatic rings. The first-order valence-corrected chi connectivity index (χ1v) is 7.94. The van der Waals surface area contributed by atoms with Crippen molar-refractivity contribution in [2.75, 3.05) is 33.4 Å². The first kappa shape index (κ1) is 16.1. The number of rotatable bonds is 6. The number of nitrogens with zero attached hydrogens (tertiary/aromatic N) is 1. The molecule has 4 heteroatoms. The van der Waals surface area contributed by atoms with Crippen molar-refractivity contribution in [2.45, 2.75) is 32.7 Å². The predicted molar refractivity (Wildman–Crippen MR) is 85.9 cm³/mol. The van der Waals surface area contributed by atoms with E-state index in [1.165, 1.54) is 18.4 Å². The van der Waals surface area contributed by atoms with Gasteiger partial charge in [0.15, 0.2) is 11.5 Å². The van der Waals surface area contributed by atoms with Crippen molar-refractivity contribution >= 4 is 0 Å². The number of hydrogen-bond donors (Lipinski definition) is 1. The molecule has 1 fully saturated rings. The Kier molecular flexibility index (Phi) is 5.88. The van der Waals surface area contributed by atoms with E-state index < -0.39 is 0 Å². The lowest BCUT2D eigenvalue weighted by Gasteiger charge is -2.36. The summed E-state index contributed by atoms with van der Waals surface area (Å²) in [6, 6.07) is 6.44. The summed E-state index contributed by atoms with van der Waals surface area (Å²) in [6.07, 6.45) is 2.51. The Bertz CT molecular complexity index is 442. The summed E-state index contributed by atoms with van der Waals surface area (Å²) in [5.74, 6) is 2.42. The minimum absolute atomic E-state index is 0.266. The monoisotopic (exact) mass is 292 g/mol. The van der Waals surface area contributed by atoms with Crippen molar-refractivity contribution in [1.29, 1.82) is 0 Å². The van der Waals surface area contributed by atoms with Crippen molar-refractivity contribution in [3.63, 3.8) is 0 Å². The highest BCUT2D eigenvalue weighted by molar-refractivity contribution is 5.44. The van der Waals surface area contributed by atoms with E-state index in [0.29, 0.717) is 13.2 Å². The molecule has 1 aliphatic heterocycles. The zero-order chi connectivity index (χ0) is 15.2. The average molecular weight is 292 g/mol. The SMILES string of the molecule is CCOc1ccc(C(CN)N2CCC(C)CC2)cc1OC. The zero-order valence-corrected chi connectivity index (χ0v) is 13.5. The lowest BCUT2D eigenvalue weighted by atomic mass is 9.95. The Balaban J connectivity index is 2.17. The van der Waals surface area contributed by atoms with Crippen molar-refractivity contribution in [1.82, 2.24) is 4.90 Å². The van der Waals surface area contributed by atoms with Crippen LogP contribution < -0.4 is 15.2 Å². The molecule has 0 aliphatic carbocycles. The molecule has 1 saturated heterocycles. The van der Waals surface area contributed by atoms with Gasteiger partial charge in [-0.3, -0.25) is 4.90 Å². The second kappa shape index (κ2) is 7.66. The van der Waals surface area contributed by atoms with Crippen LogP contribution in [0, 0.1) is 5.92 Å². The highest BCUT2D eigenvalue weighted by atomic mass is 16.5. The third-order valence-corrected chi connectivity index (χ3v) is 4.35. The van der Waals surface area contributed by atoms with Gasteiger partial charge in [-0.15, -0.1) is 0 Å². The Labute approximate surface area is 128 Å². The van der Waals surface area contributed by atoms with Crippen LogP contribution in [0.15, 0.2) is 18.2 Å². The molecular weight excluding hydrogens is 264 g/mol. The number of ether oxygens (including phenoxy) is 2. The Hall–Kier alpha value is -1.26. The third-order valence-electron chi connectivity index (χ3n) is 4.35. The van der Waals surface area contributed by atoms with Gasteiger partial charge in [0.25, 0.3) is 0 Å². The molecule has 1 unspecified atom stereocenters. The number of likely N-dealkylation sites (tertiary alicyclic amines) is 1. The lowest BCUT2D eigenvalue weighted by molar-refractivity contribution is 0.141. The number of benzene rings is 1. The van der Waals surface area contributed by atoms with E-state index in [-0.39, 0.29) is 6.04 Å².